The summed E-state index contributed by atoms with van der Waals surface area (Å²) in [6.45, 7) is 2.48. The van der Waals surface area contributed by atoms with Crippen LogP contribution in [0.1, 0.15) is 23.0 Å². The number of nitrogens with one attached hydrogen (secondary N) is 1. The Bertz CT molecular complexity index is 876. The number of rotatable bonds is 5. The Balaban J connectivity index is 1.88. The van der Waals surface area contributed by atoms with E-state index in [1.165, 1.54) is 0 Å². The second kappa shape index (κ2) is 7.37. The lowest BCUT2D eigenvalue weighted by atomic mass is 10.0. The molecule has 0 aliphatic carbocycles. The first kappa shape index (κ1) is 15.7. The summed E-state index contributed by atoms with van der Waals surface area (Å²) >= 11 is 0. The number of carbonyl (C=O) groups is 1. The van der Waals surface area contributed by atoms with Crippen molar-refractivity contribution in [2.45, 2.75) is 6.92 Å². The molecule has 0 bridgehead atoms. The Labute approximate surface area is 140 Å². The molecular formula is C19H17N3O2. The van der Waals surface area contributed by atoms with E-state index < -0.39 is 0 Å². The van der Waals surface area contributed by atoms with Crippen LogP contribution in [0.4, 0.5) is 0 Å². The average molecular weight is 319 g/mol. The van der Waals surface area contributed by atoms with Crippen molar-refractivity contribution in [2.24, 2.45) is 5.10 Å². The molecule has 5 nitrogen and oxygen atoms in total. The van der Waals surface area contributed by atoms with Crippen LogP contribution in [-0.2, 0) is 0 Å². The summed E-state index contributed by atoms with van der Waals surface area (Å²) in [5.41, 5.74) is 3.64. The third kappa shape index (κ3) is 3.41. The summed E-state index contributed by atoms with van der Waals surface area (Å²) in [6.07, 6.45) is 3.17. The molecule has 1 heterocycles. The standard InChI is InChI=1S/C19H17N3O2/c1-2-24-18-11-10-14-7-3-4-8-15(14)16(18)13-21-22-19(23)17-9-5-6-12-20-17/h3-13H,2H2,1H3,(H,22,23). The number of fused-ring (bicyclic) bond motifs is 1. The molecule has 0 spiro atoms. The third-order valence-electron chi connectivity index (χ3n) is 3.49. The lowest BCUT2D eigenvalue weighted by Gasteiger charge is -2.10. The van der Waals surface area contributed by atoms with Crippen molar-refractivity contribution in [3.05, 3.63) is 72.1 Å². The fraction of sp³-hybridized carbons (Fsp3) is 0.105. The zero-order valence-corrected chi connectivity index (χ0v) is 13.3. The highest BCUT2D eigenvalue weighted by molar-refractivity contribution is 6.03. The van der Waals surface area contributed by atoms with Crippen LogP contribution in [-0.4, -0.2) is 23.7 Å². The maximum atomic E-state index is 12.0. The molecule has 1 N–H and O–H groups in total. The van der Waals surface area contributed by atoms with E-state index in [9.17, 15) is 4.79 Å². The fourth-order valence-corrected chi connectivity index (χ4v) is 2.40. The molecule has 1 amide bonds. The minimum absolute atomic E-state index is 0.317. The molecule has 3 rings (SSSR count). The highest BCUT2D eigenvalue weighted by atomic mass is 16.5. The molecule has 0 fully saturated rings. The molecule has 1 aromatic heterocycles. The number of aromatic nitrogens is 1. The van der Waals surface area contributed by atoms with E-state index in [0.29, 0.717) is 12.3 Å². The zero-order chi connectivity index (χ0) is 16.8. The van der Waals surface area contributed by atoms with Gasteiger partial charge in [0.05, 0.1) is 12.8 Å². The van der Waals surface area contributed by atoms with Crippen LogP contribution in [0.25, 0.3) is 10.8 Å². The maximum Gasteiger partial charge on any atom is 0.289 e. The predicted octanol–water partition coefficient (Wildman–Crippen LogP) is 3.40. The molecule has 0 saturated heterocycles. The fourth-order valence-electron chi connectivity index (χ4n) is 2.40. The molecule has 5 heteroatoms. The van der Waals surface area contributed by atoms with E-state index in [4.69, 9.17) is 4.74 Å². The van der Waals surface area contributed by atoms with Gasteiger partial charge >= 0.3 is 0 Å². The Morgan fingerprint density at radius 2 is 2.00 bits per heavy atom. The van der Waals surface area contributed by atoms with Gasteiger partial charge in [-0.3, -0.25) is 9.78 Å². The number of hydrazone groups is 1. The number of pyridine rings is 1. The van der Waals surface area contributed by atoms with Gasteiger partial charge in [-0.05, 0) is 35.9 Å². The Hall–Kier alpha value is -3.21. The zero-order valence-electron chi connectivity index (χ0n) is 13.3. The van der Waals surface area contributed by atoms with Crippen molar-refractivity contribution in [3.63, 3.8) is 0 Å². The number of benzene rings is 2. The summed E-state index contributed by atoms with van der Waals surface area (Å²) in [5.74, 6) is 0.372. The lowest BCUT2D eigenvalue weighted by molar-refractivity contribution is 0.0950. The third-order valence-corrected chi connectivity index (χ3v) is 3.49. The van der Waals surface area contributed by atoms with Gasteiger partial charge in [-0.25, -0.2) is 5.43 Å². The van der Waals surface area contributed by atoms with Crippen molar-refractivity contribution < 1.29 is 9.53 Å². The molecule has 24 heavy (non-hydrogen) atoms. The van der Waals surface area contributed by atoms with Gasteiger partial charge in [-0.1, -0.05) is 36.4 Å². The lowest BCUT2D eigenvalue weighted by Crippen LogP contribution is -2.18. The smallest absolute Gasteiger partial charge is 0.289 e. The first-order valence-corrected chi connectivity index (χ1v) is 7.68. The molecule has 3 aromatic rings. The molecule has 0 saturated carbocycles. The van der Waals surface area contributed by atoms with Gasteiger partial charge in [0.1, 0.15) is 11.4 Å². The van der Waals surface area contributed by atoms with Gasteiger partial charge in [0.25, 0.3) is 5.91 Å². The molecule has 120 valence electrons. The van der Waals surface area contributed by atoms with E-state index >= 15 is 0 Å². The minimum Gasteiger partial charge on any atom is -0.493 e. The molecular weight excluding hydrogens is 302 g/mol. The van der Waals surface area contributed by atoms with Crippen LogP contribution >= 0.6 is 0 Å². The van der Waals surface area contributed by atoms with E-state index in [1.807, 2.05) is 43.3 Å². The average Bonchev–Trinajstić information content (AvgIpc) is 2.64. The van der Waals surface area contributed by atoms with Crippen molar-refractivity contribution in [1.29, 1.82) is 0 Å². The van der Waals surface area contributed by atoms with E-state index in [-0.39, 0.29) is 5.91 Å². The summed E-state index contributed by atoms with van der Waals surface area (Å²) in [7, 11) is 0. The summed E-state index contributed by atoms with van der Waals surface area (Å²) in [5, 5.41) is 6.16. The van der Waals surface area contributed by atoms with E-state index in [1.54, 1.807) is 30.6 Å². The summed E-state index contributed by atoms with van der Waals surface area (Å²) in [6, 6.07) is 17.0. The van der Waals surface area contributed by atoms with Crippen molar-refractivity contribution in [1.82, 2.24) is 10.4 Å². The van der Waals surface area contributed by atoms with Gasteiger partial charge in [0.2, 0.25) is 0 Å². The largest absolute Gasteiger partial charge is 0.493 e. The number of hydrogen-bond donors (Lipinski definition) is 1. The number of ether oxygens (including phenoxy) is 1. The predicted molar refractivity (Wildman–Crippen MR) is 94.4 cm³/mol. The summed E-state index contributed by atoms with van der Waals surface area (Å²) < 4.78 is 5.67. The van der Waals surface area contributed by atoms with E-state index in [2.05, 4.69) is 15.5 Å². The Kier molecular flexibility index (Phi) is 4.81. The Morgan fingerprint density at radius 3 is 2.79 bits per heavy atom. The Morgan fingerprint density at radius 1 is 1.17 bits per heavy atom. The molecule has 0 unspecified atom stereocenters. The van der Waals surface area contributed by atoms with Gasteiger partial charge in [-0.2, -0.15) is 5.10 Å². The van der Waals surface area contributed by atoms with E-state index in [0.717, 1.165) is 22.1 Å². The molecule has 0 radical (unpaired) electrons. The van der Waals surface area contributed by atoms with Crippen LogP contribution in [0.15, 0.2) is 65.9 Å². The van der Waals surface area contributed by atoms with Crippen molar-refractivity contribution >= 4 is 22.9 Å². The van der Waals surface area contributed by atoms with Crippen molar-refractivity contribution in [3.8, 4) is 5.75 Å². The normalized spacial score (nSPS) is 10.9. The van der Waals surface area contributed by atoms with Crippen molar-refractivity contribution in [2.75, 3.05) is 6.61 Å². The van der Waals surface area contributed by atoms with Gasteiger partial charge in [0, 0.05) is 11.8 Å². The van der Waals surface area contributed by atoms with Crippen LogP contribution in [0.3, 0.4) is 0 Å². The topological polar surface area (TPSA) is 63.6 Å². The van der Waals surface area contributed by atoms with Crippen LogP contribution in [0.2, 0.25) is 0 Å². The number of hydrogen-bond acceptors (Lipinski definition) is 4. The molecule has 0 atom stereocenters. The second-order valence-corrected chi connectivity index (χ2v) is 5.05. The van der Waals surface area contributed by atoms with Gasteiger partial charge in [0.15, 0.2) is 0 Å². The number of nitrogens with zero attached hydrogens (tertiary/aromatic N) is 2. The quantitative estimate of drug-likeness (QED) is 0.579. The maximum absolute atomic E-state index is 12.0. The highest BCUT2D eigenvalue weighted by Gasteiger charge is 2.08. The SMILES string of the molecule is CCOc1ccc2ccccc2c1C=NNC(=O)c1ccccn1. The summed E-state index contributed by atoms with van der Waals surface area (Å²) in [4.78, 5) is 16.0. The first-order valence-electron chi connectivity index (χ1n) is 7.68. The molecule has 0 aliphatic heterocycles. The second-order valence-electron chi connectivity index (χ2n) is 5.05. The number of amides is 1. The van der Waals surface area contributed by atoms with Crippen LogP contribution in [0.5, 0.6) is 5.75 Å². The monoisotopic (exact) mass is 319 g/mol. The van der Waals surface area contributed by atoms with Gasteiger partial charge in [-0.15, -0.1) is 0 Å². The van der Waals surface area contributed by atoms with Gasteiger partial charge < -0.3 is 4.74 Å². The molecule has 0 aliphatic rings. The highest BCUT2D eigenvalue weighted by Crippen LogP contribution is 2.26. The van der Waals surface area contributed by atoms with Crippen LogP contribution in [0, 0.1) is 0 Å². The number of carbonyl (C=O) groups excluding carboxylic acids is 1. The van der Waals surface area contributed by atoms with Crippen LogP contribution < -0.4 is 10.2 Å². The minimum atomic E-state index is -0.356. The molecule has 2 aromatic carbocycles. The first-order chi connectivity index (χ1) is 11.8.